The molecule has 0 aliphatic carbocycles. The zero-order chi connectivity index (χ0) is 7.33. The van der Waals surface area contributed by atoms with Gasteiger partial charge >= 0.3 is 0 Å². The van der Waals surface area contributed by atoms with Crippen LogP contribution >= 0.6 is 0 Å². The molecule has 0 radical (unpaired) electrons. The summed E-state index contributed by atoms with van der Waals surface area (Å²) >= 11 is 0. The number of nitrogens with one attached hydrogen (secondary N) is 1. The van der Waals surface area contributed by atoms with E-state index in [4.69, 9.17) is 0 Å². The van der Waals surface area contributed by atoms with E-state index in [0.717, 1.165) is 6.54 Å². The molecule has 9 heavy (non-hydrogen) atoms. The highest BCUT2D eigenvalue weighted by atomic mass is 14.9. The van der Waals surface area contributed by atoms with Gasteiger partial charge in [-0.05, 0) is 27.3 Å². The van der Waals surface area contributed by atoms with E-state index in [1.807, 2.05) is 0 Å². The zero-order valence-corrected chi connectivity index (χ0v) is 7.12. The van der Waals surface area contributed by atoms with Crippen molar-refractivity contribution in [2.75, 3.05) is 6.54 Å². The van der Waals surface area contributed by atoms with Crippen LogP contribution in [0.2, 0.25) is 13.1 Å². The summed E-state index contributed by atoms with van der Waals surface area (Å²) in [5, 5.41) is 3.42. The molecule has 0 heterocycles. The Morgan fingerprint density at radius 3 is 2.22 bits per heavy atom. The fraction of sp³-hybridized carbons (Fsp3) is 1.00. The molecule has 0 unspecified atom stereocenters. The van der Waals surface area contributed by atoms with Crippen molar-refractivity contribution in [2.24, 2.45) is 0 Å². The largest absolute Gasteiger partial charge is 0.313 e. The Labute approximate surface area is 59.5 Å². The third kappa shape index (κ3) is 8.02. The maximum atomic E-state index is 3.42. The minimum Gasteiger partial charge on any atom is -0.313 e. The first-order valence-electron chi connectivity index (χ1n) is 3.81. The second-order valence-corrected chi connectivity index (χ2v) is 3.53. The van der Waals surface area contributed by atoms with Crippen molar-refractivity contribution in [3.05, 3.63) is 0 Å². The van der Waals surface area contributed by atoms with Crippen LogP contribution in [0.5, 0.6) is 0 Å². The molecule has 0 atom stereocenters. The summed E-state index contributed by atoms with van der Waals surface area (Å²) in [6.45, 7) is 9.96. The van der Waals surface area contributed by atoms with Crippen LogP contribution < -0.4 is 5.32 Å². The van der Waals surface area contributed by atoms with Gasteiger partial charge in [0, 0.05) is 5.54 Å². The van der Waals surface area contributed by atoms with Crippen molar-refractivity contribution in [3.8, 4) is 0 Å². The van der Waals surface area contributed by atoms with Crippen molar-refractivity contribution in [2.45, 2.75) is 39.5 Å². The third-order valence-corrected chi connectivity index (χ3v) is 1.19. The van der Waals surface area contributed by atoms with E-state index in [1.165, 1.54) is 13.6 Å². The van der Waals surface area contributed by atoms with E-state index in [-0.39, 0.29) is 0 Å². The van der Waals surface area contributed by atoms with Crippen LogP contribution in [0.1, 0.15) is 20.8 Å². The monoisotopic (exact) mass is 127 g/mol. The molecule has 0 aliphatic rings. The quantitative estimate of drug-likeness (QED) is 0.444. The van der Waals surface area contributed by atoms with E-state index in [9.17, 15) is 0 Å². The fourth-order valence-corrected chi connectivity index (χ4v) is 0.640. The molecule has 54 valence electrons. The summed E-state index contributed by atoms with van der Waals surface area (Å²) in [6.07, 6.45) is 1.29. The first-order chi connectivity index (χ1) is 4.06. The van der Waals surface area contributed by atoms with Gasteiger partial charge in [-0.2, -0.15) is 0 Å². The predicted octanol–water partition coefficient (Wildman–Crippen LogP) is 1.28. The molecule has 1 N–H and O–H groups in total. The molecular formula is C7H18BN. The van der Waals surface area contributed by atoms with E-state index in [1.54, 1.807) is 0 Å². The van der Waals surface area contributed by atoms with Gasteiger partial charge < -0.3 is 5.32 Å². The topological polar surface area (TPSA) is 12.0 Å². The Morgan fingerprint density at radius 1 is 1.33 bits per heavy atom. The molecule has 1 nitrogen and oxygen atoms in total. The van der Waals surface area contributed by atoms with Crippen LogP contribution in [0, 0.1) is 0 Å². The summed E-state index contributed by atoms with van der Waals surface area (Å²) in [5.74, 6) is 0. The van der Waals surface area contributed by atoms with Crippen LogP contribution in [-0.4, -0.2) is 19.4 Å². The van der Waals surface area contributed by atoms with Gasteiger partial charge in [0.25, 0.3) is 0 Å². The highest BCUT2D eigenvalue weighted by Gasteiger charge is 2.06. The second kappa shape index (κ2) is 3.94. The van der Waals surface area contributed by atoms with Crippen LogP contribution in [0.3, 0.4) is 0 Å². The highest BCUT2D eigenvalue weighted by Crippen LogP contribution is 1.97. The molecule has 0 saturated carbocycles. The van der Waals surface area contributed by atoms with E-state index in [0.29, 0.717) is 5.54 Å². The van der Waals surface area contributed by atoms with Crippen molar-refractivity contribution in [1.29, 1.82) is 0 Å². The molecule has 0 fully saturated rings. The molecule has 0 bridgehead atoms. The van der Waals surface area contributed by atoms with Gasteiger partial charge in [0.15, 0.2) is 0 Å². The summed E-state index contributed by atoms with van der Waals surface area (Å²) in [6, 6.07) is 0. The van der Waals surface area contributed by atoms with Crippen LogP contribution in [0.4, 0.5) is 0 Å². The van der Waals surface area contributed by atoms with E-state index < -0.39 is 0 Å². The Morgan fingerprint density at radius 2 is 1.89 bits per heavy atom. The molecule has 0 aromatic heterocycles. The lowest BCUT2D eigenvalue weighted by molar-refractivity contribution is 0.439. The van der Waals surface area contributed by atoms with Crippen molar-refractivity contribution >= 4 is 7.28 Å². The Kier molecular flexibility index (Phi) is 3.95. The lowest BCUT2D eigenvalue weighted by Gasteiger charge is -2.19. The van der Waals surface area contributed by atoms with Gasteiger partial charge in [0.1, 0.15) is 7.28 Å². The summed E-state index contributed by atoms with van der Waals surface area (Å²) in [4.78, 5) is 0. The lowest BCUT2D eigenvalue weighted by atomic mass is 9.78. The Hall–Kier alpha value is 0.0249. The smallest absolute Gasteiger partial charge is 0.119 e. The van der Waals surface area contributed by atoms with E-state index >= 15 is 0 Å². The van der Waals surface area contributed by atoms with Gasteiger partial charge in [-0.1, -0.05) is 13.1 Å². The van der Waals surface area contributed by atoms with Crippen molar-refractivity contribution < 1.29 is 0 Å². The molecule has 2 heteroatoms. The second-order valence-electron chi connectivity index (χ2n) is 3.53. The molecule has 0 amide bonds. The average molecular weight is 127 g/mol. The van der Waals surface area contributed by atoms with Gasteiger partial charge in [0.05, 0.1) is 0 Å². The van der Waals surface area contributed by atoms with Crippen molar-refractivity contribution in [3.63, 3.8) is 0 Å². The zero-order valence-electron chi connectivity index (χ0n) is 7.12. The highest BCUT2D eigenvalue weighted by molar-refractivity contribution is 6.33. The Bertz CT molecular complexity index is 65.8. The average Bonchev–Trinajstić information content (AvgIpc) is 1.63. The SMILES string of the molecule is CBCCNC(C)(C)C. The van der Waals surface area contributed by atoms with Gasteiger partial charge in [-0.3, -0.25) is 0 Å². The summed E-state index contributed by atoms with van der Waals surface area (Å²) in [7, 11) is 1.28. The molecule has 0 aromatic carbocycles. The molecule has 0 saturated heterocycles. The molecule has 0 rings (SSSR count). The predicted molar refractivity (Wildman–Crippen MR) is 45.6 cm³/mol. The third-order valence-electron chi connectivity index (χ3n) is 1.19. The summed E-state index contributed by atoms with van der Waals surface area (Å²) in [5.41, 5.74) is 0.301. The molecule has 0 spiro atoms. The van der Waals surface area contributed by atoms with Gasteiger partial charge in [0.2, 0.25) is 0 Å². The van der Waals surface area contributed by atoms with Gasteiger partial charge in [-0.15, -0.1) is 0 Å². The Balaban J connectivity index is 3.07. The number of hydrogen-bond donors (Lipinski definition) is 1. The standard InChI is InChI=1S/C7H18BN/c1-7(2,3)9-6-5-8-4/h8-9H,5-6H2,1-4H3. The van der Waals surface area contributed by atoms with Crippen LogP contribution in [0.15, 0.2) is 0 Å². The van der Waals surface area contributed by atoms with Crippen LogP contribution in [-0.2, 0) is 0 Å². The maximum absolute atomic E-state index is 3.42. The number of rotatable bonds is 3. The first-order valence-corrected chi connectivity index (χ1v) is 3.81. The minimum atomic E-state index is 0.301. The first kappa shape index (κ1) is 9.02. The molecular weight excluding hydrogens is 109 g/mol. The van der Waals surface area contributed by atoms with Gasteiger partial charge in [-0.25, -0.2) is 0 Å². The normalized spacial score (nSPS) is 11.6. The fourth-order valence-electron chi connectivity index (χ4n) is 0.640. The molecule has 0 aromatic rings. The minimum absolute atomic E-state index is 0.301. The lowest BCUT2D eigenvalue weighted by Crippen LogP contribution is -2.36. The maximum Gasteiger partial charge on any atom is 0.119 e. The number of hydrogen-bond acceptors (Lipinski definition) is 1. The van der Waals surface area contributed by atoms with Crippen molar-refractivity contribution in [1.82, 2.24) is 5.32 Å². The summed E-state index contributed by atoms with van der Waals surface area (Å²) < 4.78 is 0. The van der Waals surface area contributed by atoms with E-state index in [2.05, 4.69) is 32.9 Å². The molecule has 0 aliphatic heterocycles. The van der Waals surface area contributed by atoms with Crippen LogP contribution in [0.25, 0.3) is 0 Å².